The van der Waals surface area contributed by atoms with Gasteiger partial charge in [-0.25, -0.2) is 0 Å². The Hall–Kier alpha value is -0.740. The standard InChI is InChI=1S/C12H15BrO3/c13-6-3-7-14-8-10-9-15-11-4-1-2-5-12(11)16-10/h1-2,4-5,10H,3,6-9H2. The van der Waals surface area contributed by atoms with Gasteiger partial charge in [0.15, 0.2) is 17.6 Å². The summed E-state index contributed by atoms with van der Waals surface area (Å²) in [6, 6.07) is 7.71. The van der Waals surface area contributed by atoms with Crippen molar-refractivity contribution < 1.29 is 14.2 Å². The second-order valence-corrected chi connectivity index (χ2v) is 4.41. The Morgan fingerprint density at radius 2 is 2.12 bits per heavy atom. The lowest BCUT2D eigenvalue weighted by molar-refractivity contribution is 0.00927. The Kier molecular flexibility index (Phi) is 4.48. The molecule has 0 aromatic heterocycles. The van der Waals surface area contributed by atoms with Gasteiger partial charge < -0.3 is 14.2 Å². The van der Waals surface area contributed by atoms with E-state index >= 15 is 0 Å². The fourth-order valence-corrected chi connectivity index (χ4v) is 1.75. The maximum Gasteiger partial charge on any atom is 0.161 e. The predicted molar refractivity (Wildman–Crippen MR) is 65.6 cm³/mol. The molecule has 0 N–H and O–H groups in total. The first-order chi connectivity index (χ1) is 7.90. The van der Waals surface area contributed by atoms with E-state index in [1.54, 1.807) is 0 Å². The normalized spacial score (nSPS) is 18.4. The number of hydrogen-bond donors (Lipinski definition) is 0. The van der Waals surface area contributed by atoms with Crippen LogP contribution in [0.4, 0.5) is 0 Å². The van der Waals surface area contributed by atoms with Gasteiger partial charge in [0.25, 0.3) is 0 Å². The Labute approximate surface area is 104 Å². The molecule has 88 valence electrons. The van der Waals surface area contributed by atoms with E-state index < -0.39 is 0 Å². The first kappa shape index (κ1) is 11.7. The van der Waals surface area contributed by atoms with Gasteiger partial charge in [-0.1, -0.05) is 28.1 Å². The van der Waals surface area contributed by atoms with Crippen LogP contribution in [0.25, 0.3) is 0 Å². The molecule has 0 aliphatic carbocycles. The monoisotopic (exact) mass is 286 g/mol. The molecule has 0 saturated carbocycles. The number of alkyl halides is 1. The van der Waals surface area contributed by atoms with Gasteiger partial charge in [-0.2, -0.15) is 0 Å². The van der Waals surface area contributed by atoms with Crippen molar-refractivity contribution in [3.05, 3.63) is 24.3 Å². The van der Waals surface area contributed by atoms with E-state index in [1.807, 2.05) is 24.3 Å². The zero-order valence-corrected chi connectivity index (χ0v) is 10.6. The van der Waals surface area contributed by atoms with E-state index in [1.165, 1.54) is 0 Å². The lowest BCUT2D eigenvalue weighted by Gasteiger charge is -2.26. The van der Waals surface area contributed by atoms with Gasteiger partial charge in [0.1, 0.15) is 6.61 Å². The Balaban J connectivity index is 1.79. The van der Waals surface area contributed by atoms with E-state index in [9.17, 15) is 0 Å². The largest absolute Gasteiger partial charge is 0.486 e. The number of benzene rings is 1. The zero-order valence-electron chi connectivity index (χ0n) is 9.02. The van der Waals surface area contributed by atoms with Crippen LogP contribution in [0.3, 0.4) is 0 Å². The summed E-state index contributed by atoms with van der Waals surface area (Å²) in [5.41, 5.74) is 0. The summed E-state index contributed by atoms with van der Waals surface area (Å²) in [5.74, 6) is 1.63. The van der Waals surface area contributed by atoms with Gasteiger partial charge in [-0.05, 0) is 18.6 Å². The second-order valence-electron chi connectivity index (χ2n) is 3.62. The predicted octanol–water partition coefficient (Wildman–Crippen LogP) is 2.63. The maximum atomic E-state index is 5.75. The van der Waals surface area contributed by atoms with Gasteiger partial charge in [-0.15, -0.1) is 0 Å². The minimum Gasteiger partial charge on any atom is -0.486 e. The van der Waals surface area contributed by atoms with E-state index in [0.717, 1.165) is 29.9 Å². The number of para-hydroxylation sites is 2. The van der Waals surface area contributed by atoms with Gasteiger partial charge in [-0.3, -0.25) is 0 Å². The number of fused-ring (bicyclic) bond motifs is 1. The van der Waals surface area contributed by atoms with Gasteiger partial charge >= 0.3 is 0 Å². The van der Waals surface area contributed by atoms with Crippen molar-refractivity contribution in [2.24, 2.45) is 0 Å². The number of hydrogen-bond acceptors (Lipinski definition) is 3. The summed E-state index contributed by atoms with van der Waals surface area (Å²) >= 11 is 3.36. The lowest BCUT2D eigenvalue weighted by Crippen LogP contribution is -2.33. The molecule has 3 nitrogen and oxygen atoms in total. The van der Waals surface area contributed by atoms with Gasteiger partial charge in [0.2, 0.25) is 0 Å². The number of ether oxygens (including phenoxy) is 3. The third-order valence-electron chi connectivity index (χ3n) is 2.29. The van der Waals surface area contributed by atoms with Crippen molar-refractivity contribution in [3.8, 4) is 11.5 Å². The molecule has 0 fully saturated rings. The zero-order chi connectivity index (χ0) is 11.2. The van der Waals surface area contributed by atoms with Crippen LogP contribution >= 0.6 is 15.9 Å². The Morgan fingerprint density at radius 1 is 1.31 bits per heavy atom. The van der Waals surface area contributed by atoms with Gasteiger partial charge in [0, 0.05) is 11.9 Å². The molecule has 1 aliphatic heterocycles. The first-order valence-corrected chi connectivity index (χ1v) is 6.54. The fraction of sp³-hybridized carbons (Fsp3) is 0.500. The third kappa shape index (κ3) is 3.12. The van der Waals surface area contributed by atoms with Crippen LogP contribution in [-0.2, 0) is 4.74 Å². The maximum absolute atomic E-state index is 5.75. The minimum absolute atomic E-state index is 0.00484. The molecule has 1 atom stereocenters. The molecule has 0 radical (unpaired) electrons. The quantitative estimate of drug-likeness (QED) is 0.615. The molecule has 0 bridgehead atoms. The fourth-order valence-electron chi connectivity index (χ4n) is 1.52. The molecule has 0 spiro atoms. The minimum atomic E-state index is 0.00484. The van der Waals surface area contributed by atoms with Crippen LogP contribution in [-0.4, -0.2) is 31.3 Å². The van der Waals surface area contributed by atoms with Crippen molar-refractivity contribution >= 4 is 15.9 Å². The number of rotatable bonds is 5. The Morgan fingerprint density at radius 3 is 2.94 bits per heavy atom. The lowest BCUT2D eigenvalue weighted by atomic mass is 10.3. The molecule has 0 amide bonds. The SMILES string of the molecule is BrCCCOCC1COc2ccccc2O1. The van der Waals surface area contributed by atoms with Crippen LogP contribution in [0.5, 0.6) is 11.5 Å². The molecule has 1 aliphatic rings. The van der Waals surface area contributed by atoms with Crippen molar-refractivity contribution in [1.82, 2.24) is 0 Å². The molecule has 1 heterocycles. The summed E-state index contributed by atoms with van der Waals surface area (Å²) < 4.78 is 16.8. The van der Waals surface area contributed by atoms with E-state index in [4.69, 9.17) is 14.2 Å². The topological polar surface area (TPSA) is 27.7 Å². The molecule has 16 heavy (non-hydrogen) atoms. The van der Waals surface area contributed by atoms with Crippen LogP contribution in [0.1, 0.15) is 6.42 Å². The first-order valence-electron chi connectivity index (χ1n) is 5.42. The molecule has 4 heteroatoms. The summed E-state index contributed by atoms with van der Waals surface area (Å²) in [4.78, 5) is 0. The summed E-state index contributed by atoms with van der Waals surface area (Å²) in [5, 5.41) is 0.970. The summed E-state index contributed by atoms with van der Waals surface area (Å²) in [6.45, 7) is 1.90. The molecular formula is C12H15BrO3. The van der Waals surface area contributed by atoms with E-state index in [0.29, 0.717) is 13.2 Å². The van der Waals surface area contributed by atoms with Gasteiger partial charge in [0.05, 0.1) is 6.61 Å². The summed E-state index contributed by atoms with van der Waals surface area (Å²) in [6.07, 6.45) is 1.02. The van der Waals surface area contributed by atoms with E-state index in [-0.39, 0.29) is 6.10 Å². The highest BCUT2D eigenvalue weighted by atomic mass is 79.9. The molecule has 1 aromatic rings. The van der Waals surface area contributed by atoms with Crippen molar-refractivity contribution in [2.75, 3.05) is 25.2 Å². The molecule has 1 unspecified atom stereocenters. The highest BCUT2D eigenvalue weighted by Gasteiger charge is 2.20. The van der Waals surface area contributed by atoms with Crippen LogP contribution < -0.4 is 9.47 Å². The van der Waals surface area contributed by atoms with Crippen LogP contribution in [0, 0.1) is 0 Å². The highest BCUT2D eigenvalue weighted by Crippen LogP contribution is 2.30. The highest BCUT2D eigenvalue weighted by molar-refractivity contribution is 9.09. The van der Waals surface area contributed by atoms with Crippen LogP contribution in [0.15, 0.2) is 24.3 Å². The molecular weight excluding hydrogens is 272 g/mol. The average molecular weight is 287 g/mol. The molecule has 2 rings (SSSR count). The number of halogens is 1. The molecule has 1 aromatic carbocycles. The third-order valence-corrected chi connectivity index (χ3v) is 2.85. The van der Waals surface area contributed by atoms with E-state index in [2.05, 4.69) is 15.9 Å². The summed E-state index contributed by atoms with van der Waals surface area (Å²) in [7, 11) is 0. The van der Waals surface area contributed by atoms with Crippen molar-refractivity contribution in [1.29, 1.82) is 0 Å². The Bertz CT molecular complexity index is 330. The molecule has 0 saturated heterocycles. The van der Waals surface area contributed by atoms with Crippen molar-refractivity contribution in [2.45, 2.75) is 12.5 Å². The average Bonchev–Trinajstić information content (AvgIpc) is 2.34. The smallest absolute Gasteiger partial charge is 0.161 e. The van der Waals surface area contributed by atoms with Crippen molar-refractivity contribution in [3.63, 3.8) is 0 Å². The second kappa shape index (κ2) is 6.11. The van der Waals surface area contributed by atoms with Crippen LogP contribution in [0.2, 0.25) is 0 Å².